The zero-order chi connectivity index (χ0) is 13.5. The maximum absolute atomic E-state index is 5.64. The molecule has 0 aliphatic rings. The molecule has 0 spiro atoms. The van der Waals surface area contributed by atoms with Crippen molar-refractivity contribution < 1.29 is 9.47 Å². The van der Waals surface area contributed by atoms with Crippen molar-refractivity contribution in [3.8, 4) is 11.5 Å². The standard InChI is InChI=1S/C14H15BrN2O2/c15-12-7-13(10-17-9-12)18-5-6-19-14-4-2-1-3-11(14)8-16/h1-4,7,9-10H,5-6,8,16H2. The van der Waals surface area contributed by atoms with Gasteiger partial charge >= 0.3 is 0 Å². The Balaban J connectivity index is 1.81. The molecule has 1 heterocycles. The molecule has 4 nitrogen and oxygen atoms in total. The third kappa shape index (κ3) is 4.22. The summed E-state index contributed by atoms with van der Waals surface area (Å²) in [5, 5.41) is 0. The summed E-state index contributed by atoms with van der Waals surface area (Å²) in [5.41, 5.74) is 6.63. The van der Waals surface area contributed by atoms with Crippen molar-refractivity contribution >= 4 is 15.9 Å². The summed E-state index contributed by atoms with van der Waals surface area (Å²) in [6, 6.07) is 9.59. The number of nitrogens with zero attached hydrogens (tertiary/aromatic N) is 1. The van der Waals surface area contributed by atoms with Crippen LogP contribution in [-0.2, 0) is 6.54 Å². The predicted octanol–water partition coefficient (Wildman–Crippen LogP) is 2.76. The van der Waals surface area contributed by atoms with Crippen molar-refractivity contribution in [1.29, 1.82) is 0 Å². The first-order valence-corrected chi connectivity index (χ1v) is 6.73. The van der Waals surface area contributed by atoms with Gasteiger partial charge in [0.05, 0.1) is 6.20 Å². The molecule has 0 bridgehead atoms. The van der Waals surface area contributed by atoms with Crippen molar-refractivity contribution in [2.24, 2.45) is 5.73 Å². The van der Waals surface area contributed by atoms with Gasteiger partial charge in [0, 0.05) is 22.8 Å². The Labute approximate surface area is 120 Å². The van der Waals surface area contributed by atoms with Crippen LogP contribution in [0.1, 0.15) is 5.56 Å². The summed E-state index contributed by atoms with van der Waals surface area (Å²) in [5.74, 6) is 1.52. The van der Waals surface area contributed by atoms with Crippen LogP contribution in [-0.4, -0.2) is 18.2 Å². The van der Waals surface area contributed by atoms with Crippen molar-refractivity contribution in [3.05, 3.63) is 52.8 Å². The van der Waals surface area contributed by atoms with Gasteiger partial charge in [0.1, 0.15) is 24.7 Å². The molecule has 2 N–H and O–H groups in total. The maximum Gasteiger partial charge on any atom is 0.138 e. The molecule has 0 atom stereocenters. The highest BCUT2D eigenvalue weighted by atomic mass is 79.9. The second kappa shape index (κ2) is 7.11. The smallest absolute Gasteiger partial charge is 0.138 e. The van der Waals surface area contributed by atoms with E-state index in [4.69, 9.17) is 15.2 Å². The van der Waals surface area contributed by atoms with Gasteiger partial charge in [-0.1, -0.05) is 18.2 Å². The highest BCUT2D eigenvalue weighted by Crippen LogP contribution is 2.18. The molecule has 5 heteroatoms. The number of benzene rings is 1. The summed E-state index contributed by atoms with van der Waals surface area (Å²) >= 11 is 3.34. The van der Waals surface area contributed by atoms with Gasteiger partial charge in [0.15, 0.2) is 0 Å². The molecule has 0 saturated heterocycles. The zero-order valence-corrected chi connectivity index (χ0v) is 12.0. The predicted molar refractivity (Wildman–Crippen MR) is 77.3 cm³/mol. The second-order valence-electron chi connectivity index (χ2n) is 3.85. The second-order valence-corrected chi connectivity index (χ2v) is 4.76. The summed E-state index contributed by atoms with van der Waals surface area (Å²) in [6.07, 6.45) is 3.37. The SMILES string of the molecule is NCc1ccccc1OCCOc1cncc(Br)c1. The maximum atomic E-state index is 5.64. The molecule has 2 rings (SSSR count). The Bertz CT molecular complexity index is 534. The number of halogens is 1. The quantitative estimate of drug-likeness (QED) is 0.831. The lowest BCUT2D eigenvalue weighted by Crippen LogP contribution is -2.11. The van der Waals surface area contributed by atoms with Crippen LogP contribution in [0.2, 0.25) is 0 Å². The van der Waals surface area contributed by atoms with Crippen LogP contribution in [0.15, 0.2) is 47.2 Å². The van der Waals surface area contributed by atoms with Crippen LogP contribution in [0.4, 0.5) is 0 Å². The number of ether oxygens (including phenoxy) is 2. The number of hydrogen-bond acceptors (Lipinski definition) is 4. The average molecular weight is 323 g/mol. The van der Waals surface area contributed by atoms with Crippen molar-refractivity contribution in [1.82, 2.24) is 4.98 Å². The van der Waals surface area contributed by atoms with Gasteiger partial charge in [-0.3, -0.25) is 4.98 Å². The Kier molecular flexibility index (Phi) is 5.18. The number of rotatable bonds is 6. The molecule has 1 aromatic carbocycles. The van der Waals surface area contributed by atoms with Crippen LogP contribution < -0.4 is 15.2 Å². The monoisotopic (exact) mass is 322 g/mol. The molecule has 0 aliphatic heterocycles. The molecule has 19 heavy (non-hydrogen) atoms. The first kappa shape index (κ1) is 13.8. The van der Waals surface area contributed by atoms with Crippen LogP contribution in [0.5, 0.6) is 11.5 Å². The number of aromatic nitrogens is 1. The van der Waals surface area contributed by atoms with E-state index in [9.17, 15) is 0 Å². The summed E-state index contributed by atoms with van der Waals surface area (Å²) in [4.78, 5) is 4.02. The summed E-state index contributed by atoms with van der Waals surface area (Å²) in [7, 11) is 0. The van der Waals surface area contributed by atoms with E-state index in [0.717, 1.165) is 15.8 Å². The molecule has 0 unspecified atom stereocenters. The van der Waals surface area contributed by atoms with Gasteiger partial charge in [-0.15, -0.1) is 0 Å². The largest absolute Gasteiger partial charge is 0.490 e. The molecular weight excluding hydrogens is 308 g/mol. The molecule has 0 amide bonds. The normalized spacial score (nSPS) is 10.2. The lowest BCUT2D eigenvalue weighted by molar-refractivity contribution is 0.215. The Morgan fingerprint density at radius 2 is 1.89 bits per heavy atom. The summed E-state index contributed by atoms with van der Waals surface area (Å²) in [6.45, 7) is 1.38. The number of para-hydroxylation sites is 1. The molecule has 1 aromatic heterocycles. The van der Waals surface area contributed by atoms with E-state index >= 15 is 0 Å². The molecule has 100 valence electrons. The van der Waals surface area contributed by atoms with Crippen LogP contribution in [0.25, 0.3) is 0 Å². The van der Waals surface area contributed by atoms with Crippen molar-refractivity contribution in [2.45, 2.75) is 6.54 Å². The van der Waals surface area contributed by atoms with Crippen molar-refractivity contribution in [2.75, 3.05) is 13.2 Å². The van der Waals surface area contributed by atoms with Gasteiger partial charge in [0.2, 0.25) is 0 Å². The minimum absolute atomic E-state index is 0.455. The Morgan fingerprint density at radius 1 is 1.11 bits per heavy atom. The molecule has 0 radical (unpaired) electrons. The highest BCUT2D eigenvalue weighted by Gasteiger charge is 2.01. The minimum Gasteiger partial charge on any atom is -0.490 e. The molecule has 0 fully saturated rings. The first-order chi connectivity index (χ1) is 9.29. The van der Waals surface area contributed by atoms with Gasteiger partial charge in [-0.2, -0.15) is 0 Å². The fraction of sp³-hybridized carbons (Fsp3) is 0.214. The molecular formula is C14H15BrN2O2. The number of hydrogen-bond donors (Lipinski definition) is 1. The van der Waals surface area contributed by atoms with Crippen molar-refractivity contribution in [3.63, 3.8) is 0 Å². The topological polar surface area (TPSA) is 57.4 Å². The van der Waals surface area contributed by atoms with Gasteiger partial charge in [-0.05, 0) is 28.1 Å². The lowest BCUT2D eigenvalue weighted by atomic mass is 10.2. The zero-order valence-electron chi connectivity index (χ0n) is 10.4. The fourth-order valence-corrected chi connectivity index (χ4v) is 1.94. The average Bonchev–Trinajstić information content (AvgIpc) is 2.44. The number of nitrogens with two attached hydrogens (primary N) is 1. The van der Waals surface area contributed by atoms with E-state index in [2.05, 4.69) is 20.9 Å². The van der Waals surface area contributed by atoms with Gasteiger partial charge in [-0.25, -0.2) is 0 Å². The summed E-state index contributed by atoms with van der Waals surface area (Å²) < 4.78 is 12.1. The Hall–Kier alpha value is -1.59. The van der Waals surface area contributed by atoms with E-state index < -0.39 is 0 Å². The third-order valence-corrected chi connectivity index (χ3v) is 2.92. The van der Waals surface area contributed by atoms with Gasteiger partial charge in [0.25, 0.3) is 0 Å². The third-order valence-electron chi connectivity index (χ3n) is 2.48. The van der Waals surface area contributed by atoms with Crippen LogP contribution in [0, 0.1) is 0 Å². The van der Waals surface area contributed by atoms with Crippen LogP contribution in [0.3, 0.4) is 0 Å². The minimum atomic E-state index is 0.455. The fourth-order valence-electron chi connectivity index (χ4n) is 1.60. The first-order valence-electron chi connectivity index (χ1n) is 5.93. The molecule has 2 aromatic rings. The van der Waals surface area contributed by atoms with E-state index in [-0.39, 0.29) is 0 Å². The van der Waals surface area contributed by atoms with E-state index in [1.807, 2.05) is 30.3 Å². The van der Waals surface area contributed by atoms with Crippen LogP contribution >= 0.6 is 15.9 Å². The van der Waals surface area contributed by atoms with E-state index in [0.29, 0.717) is 25.5 Å². The molecule has 0 saturated carbocycles. The molecule has 0 aliphatic carbocycles. The van der Waals surface area contributed by atoms with E-state index in [1.165, 1.54) is 0 Å². The number of pyridine rings is 1. The van der Waals surface area contributed by atoms with Gasteiger partial charge < -0.3 is 15.2 Å². The lowest BCUT2D eigenvalue weighted by Gasteiger charge is -2.11. The highest BCUT2D eigenvalue weighted by molar-refractivity contribution is 9.10. The van der Waals surface area contributed by atoms with E-state index in [1.54, 1.807) is 12.4 Å². The Morgan fingerprint density at radius 3 is 2.68 bits per heavy atom.